The van der Waals surface area contributed by atoms with Crippen LogP contribution < -0.4 is 10.6 Å². The zero-order valence-corrected chi connectivity index (χ0v) is 12.3. The average Bonchev–Trinajstić information content (AvgIpc) is 3.15. The minimum absolute atomic E-state index is 0.126. The molecule has 1 aliphatic carbocycles. The van der Waals surface area contributed by atoms with E-state index in [4.69, 9.17) is 0 Å². The van der Waals surface area contributed by atoms with Crippen LogP contribution in [0.4, 0.5) is 9.18 Å². The predicted molar refractivity (Wildman–Crippen MR) is 79.5 cm³/mol. The molecule has 22 heavy (non-hydrogen) atoms. The highest BCUT2D eigenvalue weighted by Gasteiger charge is 2.38. The number of nitrogens with zero attached hydrogens (tertiary/aromatic N) is 1. The molecule has 0 aromatic heterocycles. The summed E-state index contributed by atoms with van der Waals surface area (Å²) < 4.78 is 13.5. The van der Waals surface area contributed by atoms with Gasteiger partial charge in [-0.2, -0.15) is 0 Å². The first-order valence-electron chi connectivity index (χ1n) is 7.73. The van der Waals surface area contributed by atoms with E-state index >= 15 is 0 Å². The summed E-state index contributed by atoms with van der Waals surface area (Å²) in [4.78, 5) is 25.9. The van der Waals surface area contributed by atoms with Gasteiger partial charge in [-0.15, -0.1) is 0 Å². The highest BCUT2D eigenvalue weighted by Crippen LogP contribution is 2.25. The fraction of sp³-hybridized carbons (Fsp3) is 0.500. The van der Waals surface area contributed by atoms with Crippen molar-refractivity contribution in [3.8, 4) is 0 Å². The second kappa shape index (κ2) is 6.34. The van der Waals surface area contributed by atoms with E-state index in [9.17, 15) is 14.0 Å². The van der Waals surface area contributed by atoms with Gasteiger partial charge in [-0.1, -0.05) is 31.0 Å². The van der Waals surface area contributed by atoms with Crippen LogP contribution in [0.15, 0.2) is 24.3 Å². The van der Waals surface area contributed by atoms with Gasteiger partial charge in [-0.05, 0) is 18.9 Å². The normalized spacial score (nSPS) is 22.0. The molecule has 2 fully saturated rings. The summed E-state index contributed by atoms with van der Waals surface area (Å²) in [5.41, 5.74) is 0.438. The summed E-state index contributed by atoms with van der Waals surface area (Å²) in [6.07, 6.45) is 4.30. The Balaban J connectivity index is 1.55. The van der Waals surface area contributed by atoms with E-state index in [1.807, 2.05) is 0 Å². The molecule has 0 radical (unpaired) electrons. The molecule has 1 aliphatic heterocycles. The van der Waals surface area contributed by atoms with Crippen LogP contribution in [0.25, 0.3) is 0 Å². The van der Waals surface area contributed by atoms with Gasteiger partial charge in [0.1, 0.15) is 11.9 Å². The molecule has 1 heterocycles. The van der Waals surface area contributed by atoms with Gasteiger partial charge in [0.15, 0.2) is 0 Å². The van der Waals surface area contributed by atoms with Gasteiger partial charge >= 0.3 is 6.03 Å². The van der Waals surface area contributed by atoms with Crippen molar-refractivity contribution in [2.45, 2.75) is 44.3 Å². The molecule has 118 valence electrons. The largest absolute Gasteiger partial charge is 0.350 e. The Kier molecular flexibility index (Phi) is 4.27. The third-order valence-corrected chi connectivity index (χ3v) is 4.43. The van der Waals surface area contributed by atoms with E-state index in [2.05, 4.69) is 10.6 Å². The van der Waals surface area contributed by atoms with Gasteiger partial charge in [0.25, 0.3) is 0 Å². The van der Waals surface area contributed by atoms with Crippen LogP contribution in [0.5, 0.6) is 0 Å². The minimum Gasteiger partial charge on any atom is -0.350 e. The lowest BCUT2D eigenvalue weighted by molar-refractivity contribution is -0.122. The van der Waals surface area contributed by atoms with Crippen LogP contribution >= 0.6 is 0 Å². The highest BCUT2D eigenvalue weighted by molar-refractivity contribution is 5.90. The lowest BCUT2D eigenvalue weighted by Gasteiger charge is -2.22. The molecule has 1 saturated carbocycles. The maximum Gasteiger partial charge on any atom is 0.318 e. The molecular weight excluding hydrogens is 285 g/mol. The molecule has 6 heteroatoms. The van der Waals surface area contributed by atoms with Crippen LogP contribution in [-0.2, 0) is 11.3 Å². The number of carbonyl (C=O) groups excluding carboxylic acids is 2. The molecule has 2 aliphatic rings. The molecule has 1 atom stereocenters. The first-order chi connectivity index (χ1) is 10.6. The van der Waals surface area contributed by atoms with Crippen molar-refractivity contribution in [2.24, 2.45) is 0 Å². The Labute approximate surface area is 128 Å². The van der Waals surface area contributed by atoms with Gasteiger partial charge in [0.2, 0.25) is 5.91 Å². The summed E-state index contributed by atoms with van der Waals surface area (Å²) >= 11 is 0. The fourth-order valence-electron chi connectivity index (χ4n) is 3.18. The number of rotatable bonds is 4. The highest BCUT2D eigenvalue weighted by atomic mass is 19.1. The Morgan fingerprint density at radius 2 is 2.05 bits per heavy atom. The van der Waals surface area contributed by atoms with E-state index in [0.29, 0.717) is 12.1 Å². The Morgan fingerprint density at radius 3 is 2.77 bits per heavy atom. The van der Waals surface area contributed by atoms with Gasteiger partial charge in [-0.3, -0.25) is 4.79 Å². The van der Waals surface area contributed by atoms with E-state index in [1.165, 1.54) is 6.07 Å². The molecule has 0 bridgehead atoms. The summed E-state index contributed by atoms with van der Waals surface area (Å²) in [6.45, 7) is 0.522. The van der Waals surface area contributed by atoms with Crippen LogP contribution in [-0.4, -0.2) is 35.5 Å². The first kappa shape index (κ1) is 14.8. The molecule has 1 saturated heterocycles. The zero-order chi connectivity index (χ0) is 15.5. The molecule has 2 N–H and O–H groups in total. The Bertz CT molecular complexity index is 572. The van der Waals surface area contributed by atoms with Gasteiger partial charge in [-0.25, -0.2) is 9.18 Å². The van der Waals surface area contributed by atoms with Crippen LogP contribution in [0.3, 0.4) is 0 Å². The molecule has 1 aromatic carbocycles. The smallest absolute Gasteiger partial charge is 0.318 e. The minimum atomic E-state index is -0.556. The standard InChI is InChI=1S/C16H20FN3O2/c17-13-8-4-1-5-11(13)9-18-15(21)14-10-20(16(22)19-14)12-6-2-3-7-12/h1,4-5,8,12,14H,2-3,6-7,9-10H2,(H,18,21)(H,19,22). The van der Waals surface area contributed by atoms with Crippen molar-refractivity contribution in [3.63, 3.8) is 0 Å². The number of hydrogen-bond donors (Lipinski definition) is 2. The Hall–Kier alpha value is -2.11. The molecule has 1 unspecified atom stereocenters. The topological polar surface area (TPSA) is 61.4 Å². The van der Waals surface area contributed by atoms with Gasteiger partial charge in [0.05, 0.1) is 6.54 Å². The van der Waals surface area contributed by atoms with Crippen molar-refractivity contribution in [1.29, 1.82) is 0 Å². The van der Waals surface area contributed by atoms with Gasteiger partial charge < -0.3 is 15.5 Å². The number of carbonyl (C=O) groups is 2. The number of benzene rings is 1. The summed E-state index contributed by atoms with van der Waals surface area (Å²) in [5, 5.41) is 5.41. The summed E-state index contributed by atoms with van der Waals surface area (Å²) in [5.74, 6) is -0.608. The van der Waals surface area contributed by atoms with Gasteiger partial charge in [0, 0.05) is 18.2 Å². The van der Waals surface area contributed by atoms with Crippen LogP contribution in [0.2, 0.25) is 0 Å². The summed E-state index contributed by atoms with van der Waals surface area (Å²) in [7, 11) is 0. The molecule has 3 rings (SSSR count). The number of urea groups is 1. The molecule has 0 spiro atoms. The molecule has 3 amide bonds. The zero-order valence-electron chi connectivity index (χ0n) is 12.3. The van der Waals surface area contributed by atoms with Crippen LogP contribution in [0, 0.1) is 5.82 Å². The fourth-order valence-corrected chi connectivity index (χ4v) is 3.18. The summed E-state index contributed by atoms with van der Waals surface area (Å²) in [6, 6.07) is 5.86. The predicted octanol–water partition coefficient (Wildman–Crippen LogP) is 1.78. The number of amides is 3. The molecule has 5 nitrogen and oxygen atoms in total. The monoisotopic (exact) mass is 305 g/mol. The van der Waals surface area contributed by atoms with Crippen LogP contribution in [0.1, 0.15) is 31.2 Å². The number of hydrogen-bond acceptors (Lipinski definition) is 2. The second-order valence-corrected chi connectivity index (χ2v) is 5.90. The lowest BCUT2D eigenvalue weighted by Crippen LogP contribution is -2.42. The Morgan fingerprint density at radius 1 is 1.32 bits per heavy atom. The lowest BCUT2D eigenvalue weighted by atomic mass is 10.2. The SMILES string of the molecule is O=C(NCc1ccccc1F)C1CN(C2CCCC2)C(=O)N1. The van der Waals surface area contributed by atoms with Crippen molar-refractivity contribution >= 4 is 11.9 Å². The third-order valence-electron chi connectivity index (χ3n) is 4.43. The second-order valence-electron chi connectivity index (χ2n) is 5.90. The first-order valence-corrected chi connectivity index (χ1v) is 7.73. The van der Waals surface area contributed by atoms with E-state index in [1.54, 1.807) is 23.1 Å². The third kappa shape index (κ3) is 3.05. The van der Waals surface area contributed by atoms with E-state index < -0.39 is 6.04 Å². The number of halogens is 1. The maximum atomic E-state index is 13.5. The molecular formula is C16H20FN3O2. The van der Waals surface area contributed by atoms with E-state index in [0.717, 1.165) is 25.7 Å². The number of nitrogens with one attached hydrogen (secondary N) is 2. The quantitative estimate of drug-likeness (QED) is 0.891. The van der Waals surface area contributed by atoms with Crippen molar-refractivity contribution in [3.05, 3.63) is 35.6 Å². The average molecular weight is 305 g/mol. The van der Waals surface area contributed by atoms with Crippen molar-refractivity contribution < 1.29 is 14.0 Å². The van der Waals surface area contributed by atoms with Crippen molar-refractivity contribution in [1.82, 2.24) is 15.5 Å². The van der Waals surface area contributed by atoms with Crippen molar-refractivity contribution in [2.75, 3.05) is 6.54 Å². The maximum absolute atomic E-state index is 13.5. The molecule has 1 aromatic rings. The van der Waals surface area contributed by atoms with E-state index in [-0.39, 0.29) is 30.3 Å².